The molecule has 1 aromatic rings. The van der Waals surface area contributed by atoms with E-state index in [2.05, 4.69) is 4.98 Å². The van der Waals surface area contributed by atoms with Gasteiger partial charge in [-0.1, -0.05) is 23.8 Å². The average Bonchev–Trinajstić information content (AvgIpc) is 2.30. The summed E-state index contributed by atoms with van der Waals surface area (Å²) >= 11 is 10.5. The molecule has 0 aromatic carbocycles. The van der Waals surface area contributed by atoms with Crippen molar-refractivity contribution >= 4 is 28.8 Å². The van der Waals surface area contributed by atoms with Crippen LogP contribution in [0.2, 0.25) is 5.15 Å². The van der Waals surface area contributed by atoms with Crippen LogP contribution in [-0.4, -0.2) is 14.5 Å². The molecular weight excluding hydrogens is 182 g/mol. The molecule has 0 aliphatic rings. The standard InChI is InChI=1S/C6H8ClN3S/c1-2-10-3-9-5(7)4(10)6(8)11/h3H,2H2,1H3,(H2,8,11). The number of nitrogens with zero attached hydrogens (tertiary/aromatic N) is 2. The molecule has 1 heterocycles. The fourth-order valence-corrected chi connectivity index (χ4v) is 1.36. The molecule has 0 fully saturated rings. The third-order valence-electron chi connectivity index (χ3n) is 1.37. The first kappa shape index (κ1) is 8.49. The van der Waals surface area contributed by atoms with Crippen LogP contribution in [0.5, 0.6) is 0 Å². The molecule has 11 heavy (non-hydrogen) atoms. The Labute approximate surface area is 75.2 Å². The van der Waals surface area contributed by atoms with Crippen LogP contribution >= 0.6 is 23.8 Å². The molecule has 1 rings (SSSR count). The minimum absolute atomic E-state index is 0.286. The molecule has 0 atom stereocenters. The van der Waals surface area contributed by atoms with Gasteiger partial charge >= 0.3 is 0 Å². The van der Waals surface area contributed by atoms with Gasteiger partial charge in [0.05, 0.1) is 6.33 Å². The molecule has 0 aliphatic carbocycles. The lowest BCUT2D eigenvalue weighted by Gasteiger charge is -2.01. The number of imidazole rings is 1. The van der Waals surface area contributed by atoms with Crippen LogP contribution in [0, 0.1) is 0 Å². The Bertz CT molecular complexity index is 281. The summed E-state index contributed by atoms with van der Waals surface area (Å²) in [6.07, 6.45) is 1.62. The van der Waals surface area contributed by atoms with Crippen LogP contribution in [0.25, 0.3) is 0 Å². The SMILES string of the molecule is CCn1cnc(Cl)c1C(N)=S. The number of halogens is 1. The van der Waals surface area contributed by atoms with E-state index in [1.807, 2.05) is 11.5 Å². The molecule has 60 valence electrons. The van der Waals surface area contributed by atoms with Gasteiger partial charge in [-0.25, -0.2) is 4.98 Å². The number of thiocarbonyl (C=S) groups is 1. The average molecular weight is 190 g/mol. The summed E-state index contributed by atoms with van der Waals surface area (Å²) in [6, 6.07) is 0. The van der Waals surface area contributed by atoms with E-state index in [9.17, 15) is 0 Å². The lowest BCUT2D eigenvalue weighted by Crippen LogP contribution is -2.15. The summed E-state index contributed by atoms with van der Waals surface area (Å²) in [4.78, 5) is 4.16. The zero-order valence-corrected chi connectivity index (χ0v) is 7.61. The van der Waals surface area contributed by atoms with Gasteiger partial charge in [0.25, 0.3) is 0 Å². The lowest BCUT2D eigenvalue weighted by atomic mass is 10.4. The van der Waals surface area contributed by atoms with Crippen LogP contribution < -0.4 is 5.73 Å². The number of aromatic nitrogens is 2. The summed E-state index contributed by atoms with van der Waals surface area (Å²) in [5.74, 6) is 0. The summed E-state index contributed by atoms with van der Waals surface area (Å²) < 4.78 is 1.81. The number of hydrogen-bond acceptors (Lipinski definition) is 2. The quantitative estimate of drug-likeness (QED) is 0.711. The van der Waals surface area contributed by atoms with Crippen molar-refractivity contribution in [3.05, 3.63) is 17.2 Å². The van der Waals surface area contributed by atoms with Crippen molar-refractivity contribution in [2.45, 2.75) is 13.5 Å². The van der Waals surface area contributed by atoms with Gasteiger partial charge < -0.3 is 10.3 Å². The molecule has 0 aliphatic heterocycles. The predicted molar refractivity (Wildman–Crippen MR) is 48.8 cm³/mol. The monoisotopic (exact) mass is 189 g/mol. The fraction of sp³-hybridized carbons (Fsp3) is 0.333. The Kier molecular flexibility index (Phi) is 2.46. The molecule has 0 saturated heterocycles. The molecule has 5 heteroatoms. The summed E-state index contributed by atoms with van der Waals surface area (Å²) in [6.45, 7) is 2.74. The lowest BCUT2D eigenvalue weighted by molar-refractivity contribution is 0.755. The summed E-state index contributed by atoms with van der Waals surface area (Å²) in [5.41, 5.74) is 6.06. The van der Waals surface area contributed by atoms with Gasteiger partial charge in [0.15, 0.2) is 5.15 Å². The molecule has 1 aromatic heterocycles. The van der Waals surface area contributed by atoms with Crippen LogP contribution in [-0.2, 0) is 6.54 Å². The van der Waals surface area contributed by atoms with Crippen molar-refractivity contribution in [1.82, 2.24) is 9.55 Å². The van der Waals surface area contributed by atoms with Crippen LogP contribution in [0.4, 0.5) is 0 Å². The van der Waals surface area contributed by atoms with Crippen molar-refractivity contribution in [3.8, 4) is 0 Å². The molecule has 0 radical (unpaired) electrons. The van der Waals surface area contributed by atoms with Crippen LogP contribution in [0.15, 0.2) is 6.33 Å². The van der Waals surface area contributed by atoms with Gasteiger partial charge in [-0.15, -0.1) is 0 Å². The second-order valence-electron chi connectivity index (χ2n) is 2.03. The smallest absolute Gasteiger partial charge is 0.157 e. The molecule has 0 bridgehead atoms. The minimum atomic E-state index is 0.286. The van der Waals surface area contributed by atoms with E-state index in [4.69, 9.17) is 29.6 Å². The van der Waals surface area contributed by atoms with E-state index in [1.54, 1.807) is 6.33 Å². The number of nitrogens with two attached hydrogens (primary N) is 1. The maximum absolute atomic E-state index is 5.72. The predicted octanol–water partition coefficient (Wildman–Crippen LogP) is 1.19. The zero-order valence-electron chi connectivity index (χ0n) is 6.04. The van der Waals surface area contributed by atoms with E-state index < -0.39 is 0 Å². The second kappa shape index (κ2) is 3.19. The van der Waals surface area contributed by atoms with Crippen LogP contribution in [0.3, 0.4) is 0 Å². The van der Waals surface area contributed by atoms with E-state index in [0.29, 0.717) is 10.8 Å². The summed E-state index contributed by atoms with van der Waals surface area (Å²) in [7, 11) is 0. The van der Waals surface area contributed by atoms with E-state index in [1.165, 1.54) is 0 Å². The van der Waals surface area contributed by atoms with Gasteiger partial charge in [-0.2, -0.15) is 0 Å². The number of rotatable bonds is 2. The largest absolute Gasteiger partial charge is 0.388 e. The molecule has 2 N–H and O–H groups in total. The highest BCUT2D eigenvalue weighted by Gasteiger charge is 2.09. The van der Waals surface area contributed by atoms with Gasteiger partial charge in [-0.05, 0) is 6.92 Å². The van der Waals surface area contributed by atoms with E-state index >= 15 is 0 Å². The summed E-state index contributed by atoms with van der Waals surface area (Å²) in [5, 5.41) is 0.374. The van der Waals surface area contributed by atoms with Gasteiger partial charge in [0.2, 0.25) is 0 Å². The Balaban J connectivity index is 3.17. The number of aryl methyl sites for hydroxylation is 1. The van der Waals surface area contributed by atoms with E-state index in [0.717, 1.165) is 6.54 Å². The normalized spacial score (nSPS) is 10.0. The van der Waals surface area contributed by atoms with Crippen molar-refractivity contribution in [2.75, 3.05) is 0 Å². The topological polar surface area (TPSA) is 43.8 Å². The van der Waals surface area contributed by atoms with Crippen molar-refractivity contribution < 1.29 is 0 Å². The highest BCUT2D eigenvalue weighted by atomic mass is 35.5. The first-order valence-corrected chi connectivity index (χ1v) is 3.95. The first-order chi connectivity index (χ1) is 5.16. The Morgan fingerprint density at radius 2 is 2.55 bits per heavy atom. The highest BCUT2D eigenvalue weighted by molar-refractivity contribution is 7.80. The molecule has 0 spiro atoms. The second-order valence-corrected chi connectivity index (χ2v) is 2.83. The van der Waals surface area contributed by atoms with E-state index in [-0.39, 0.29) is 4.99 Å². The molecular formula is C6H8ClN3S. The third-order valence-corrected chi connectivity index (χ3v) is 1.84. The molecule has 3 nitrogen and oxygen atoms in total. The third kappa shape index (κ3) is 1.52. The maximum atomic E-state index is 5.72. The van der Waals surface area contributed by atoms with Crippen LogP contribution in [0.1, 0.15) is 12.6 Å². The highest BCUT2D eigenvalue weighted by Crippen LogP contribution is 2.12. The molecule has 0 amide bonds. The fourth-order valence-electron chi connectivity index (χ4n) is 0.841. The van der Waals surface area contributed by atoms with Gasteiger partial charge in [0, 0.05) is 6.54 Å². The minimum Gasteiger partial charge on any atom is -0.388 e. The molecule has 0 saturated carbocycles. The Hall–Kier alpha value is -0.610. The Morgan fingerprint density at radius 1 is 1.91 bits per heavy atom. The Morgan fingerprint density at radius 3 is 2.91 bits per heavy atom. The van der Waals surface area contributed by atoms with Gasteiger partial charge in [-0.3, -0.25) is 0 Å². The van der Waals surface area contributed by atoms with Crippen molar-refractivity contribution in [3.63, 3.8) is 0 Å². The first-order valence-electron chi connectivity index (χ1n) is 3.17. The molecule has 0 unspecified atom stereocenters. The number of hydrogen-bond donors (Lipinski definition) is 1. The maximum Gasteiger partial charge on any atom is 0.157 e. The van der Waals surface area contributed by atoms with Crippen molar-refractivity contribution in [1.29, 1.82) is 0 Å². The van der Waals surface area contributed by atoms with Crippen molar-refractivity contribution in [2.24, 2.45) is 5.73 Å². The van der Waals surface area contributed by atoms with Gasteiger partial charge in [0.1, 0.15) is 10.7 Å². The zero-order chi connectivity index (χ0) is 8.43.